The van der Waals surface area contributed by atoms with Crippen LogP contribution in [0, 0.1) is 12.7 Å². The highest BCUT2D eigenvalue weighted by Crippen LogP contribution is 2.14. The number of nitrogens with zero attached hydrogens (tertiary/aromatic N) is 3. The van der Waals surface area contributed by atoms with Gasteiger partial charge in [-0.25, -0.2) is 9.07 Å². The zero-order valence-corrected chi connectivity index (χ0v) is 13.0. The number of carbonyl (C=O) groups excluding carboxylic acids is 1. The third-order valence-corrected chi connectivity index (χ3v) is 3.39. The van der Waals surface area contributed by atoms with E-state index in [2.05, 4.69) is 5.10 Å². The molecule has 22 heavy (non-hydrogen) atoms. The fraction of sp³-hybridized carbons (Fsp3) is 0.375. The van der Waals surface area contributed by atoms with Crippen LogP contribution < -0.4 is 0 Å². The van der Waals surface area contributed by atoms with Crippen molar-refractivity contribution in [2.45, 2.75) is 26.4 Å². The molecular formula is C16H20FN3O2. The topological polar surface area (TPSA) is 58.4 Å². The number of aryl methyl sites for hydroxylation is 1. The molecule has 0 saturated heterocycles. The van der Waals surface area contributed by atoms with E-state index in [9.17, 15) is 14.3 Å². The zero-order valence-electron chi connectivity index (χ0n) is 13.0. The monoisotopic (exact) mass is 305 g/mol. The van der Waals surface area contributed by atoms with Gasteiger partial charge in [0.2, 0.25) is 0 Å². The molecule has 1 aromatic heterocycles. The molecule has 1 aromatic carbocycles. The first-order chi connectivity index (χ1) is 10.4. The van der Waals surface area contributed by atoms with Gasteiger partial charge in [-0.1, -0.05) is 6.07 Å². The molecule has 1 unspecified atom stereocenters. The van der Waals surface area contributed by atoms with E-state index in [1.807, 2.05) is 6.92 Å². The number of aromatic nitrogens is 2. The third kappa shape index (κ3) is 3.71. The van der Waals surface area contributed by atoms with Crippen LogP contribution in [0.25, 0.3) is 5.69 Å². The van der Waals surface area contributed by atoms with E-state index < -0.39 is 6.10 Å². The first-order valence-corrected chi connectivity index (χ1v) is 7.14. The zero-order chi connectivity index (χ0) is 16.3. The highest BCUT2D eigenvalue weighted by atomic mass is 19.1. The molecule has 0 fully saturated rings. The average Bonchev–Trinajstić information content (AvgIpc) is 2.86. The van der Waals surface area contributed by atoms with Gasteiger partial charge in [0.1, 0.15) is 5.82 Å². The van der Waals surface area contributed by atoms with Crippen LogP contribution in [0.15, 0.2) is 30.3 Å². The van der Waals surface area contributed by atoms with E-state index in [0.29, 0.717) is 24.3 Å². The maximum Gasteiger partial charge on any atom is 0.274 e. The molecule has 6 heteroatoms. The smallest absolute Gasteiger partial charge is 0.274 e. The van der Waals surface area contributed by atoms with Gasteiger partial charge < -0.3 is 10.0 Å². The van der Waals surface area contributed by atoms with Gasteiger partial charge in [-0.2, -0.15) is 5.10 Å². The molecule has 0 bridgehead atoms. The molecule has 118 valence electrons. The third-order valence-electron chi connectivity index (χ3n) is 3.39. The highest BCUT2D eigenvalue weighted by Gasteiger charge is 2.17. The van der Waals surface area contributed by atoms with Crippen LogP contribution in [0.4, 0.5) is 4.39 Å². The first-order valence-electron chi connectivity index (χ1n) is 7.14. The molecule has 0 aliphatic rings. The summed E-state index contributed by atoms with van der Waals surface area (Å²) in [6, 6.07) is 7.73. The number of hydrogen-bond acceptors (Lipinski definition) is 3. The number of carbonyl (C=O) groups is 1. The lowest BCUT2D eigenvalue weighted by atomic mass is 10.2. The molecule has 1 amide bonds. The van der Waals surface area contributed by atoms with Gasteiger partial charge in [-0.05, 0) is 44.5 Å². The predicted octanol–water partition coefficient (Wildman–Crippen LogP) is 2.16. The molecule has 5 nitrogen and oxygen atoms in total. The summed E-state index contributed by atoms with van der Waals surface area (Å²) in [6.45, 7) is 3.94. The number of aliphatic hydroxyl groups excluding tert-OH is 1. The lowest BCUT2D eigenvalue weighted by Crippen LogP contribution is -2.29. The molecule has 1 heterocycles. The normalized spacial score (nSPS) is 12.2. The van der Waals surface area contributed by atoms with Crippen LogP contribution in [0.5, 0.6) is 0 Å². The van der Waals surface area contributed by atoms with Crippen LogP contribution in [0.1, 0.15) is 29.5 Å². The Hall–Kier alpha value is -2.21. The van der Waals surface area contributed by atoms with Crippen LogP contribution in [-0.4, -0.2) is 45.4 Å². The average molecular weight is 305 g/mol. The van der Waals surface area contributed by atoms with Gasteiger partial charge in [-0.3, -0.25) is 4.79 Å². The number of hydrogen-bond donors (Lipinski definition) is 1. The van der Waals surface area contributed by atoms with Crippen LogP contribution in [0.3, 0.4) is 0 Å². The van der Waals surface area contributed by atoms with Gasteiger partial charge in [0.15, 0.2) is 5.69 Å². The van der Waals surface area contributed by atoms with Crippen LogP contribution in [0.2, 0.25) is 0 Å². The van der Waals surface area contributed by atoms with Gasteiger partial charge in [0.25, 0.3) is 5.91 Å². The lowest BCUT2D eigenvalue weighted by molar-refractivity contribution is 0.0763. The molecule has 2 aromatic rings. The summed E-state index contributed by atoms with van der Waals surface area (Å²) in [7, 11) is 1.67. The van der Waals surface area contributed by atoms with E-state index in [1.54, 1.807) is 36.9 Å². The lowest BCUT2D eigenvalue weighted by Gasteiger charge is -2.16. The van der Waals surface area contributed by atoms with Crippen molar-refractivity contribution in [2.24, 2.45) is 0 Å². The SMILES string of the molecule is Cc1cc(C(=O)N(C)CCC(C)O)nn1-c1cccc(F)c1. The Bertz CT molecular complexity index is 667. The highest BCUT2D eigenvalue weighted by molar-refractivity contribution is 5.92. The summed E-state index contributed by atoms with van der Waals surface area (Å²) < 4.78 is 14.9. The standard InChI is InChI=1S/C16H20FN3O2/c1-11-9-15(16(22)19(3)8-7-12(2)21)18-20(11)14-6-4-5-13(17)10-14/h4-6,9-10,12,21H,7-8H2,1-3H3. The molecule has 0 radical (unpaired) electrons. The van der Waals surface area contributed by atoms with Crippen molar-refractivity contribution in [3.05, 3.63) is 47.5 Å². The van der Waals surface area contributed by atoms with Crippen molar-refractivity contribution in [3.8, 4) is 5.69 Å². The fourth-order valence-corrected chi connectivity index (χ4v) is 2.13. The predicted molar refractivity (Wildman–Crippen MR) is 81.5 cm³/mol. The maximum absolute atomic E-state index is 13.3. The Kier molecular flexibility index (Phi) is 4.92. The van der Waals surface area contributed by atoms with Crippen molar-refractivity contribution in [1.29, 1.82) is 0 Å². The molecule has 0 spiro atoms. The molecule has 2 rings (SSSR count). The maximum atomic E-state index is 13.3. The molecule has 1 atom stereocenters. The number of benzene rings is 1. The molecule has 0 saturated carbocycles. The number of aliphatic hydroxyl groups is 1. The molecule has 0 aliphatic heterocycles. The van der Waals surface area contributed by atoms with E-state index in [1.165, 1.54) is 17.0 Å². The second-order valence-electron chi connectivity index (χ2n) is 5.43. The summed E-state index contributed by atoms with van der Waals surface area (Å²) in [5.41, 5.74) is 1.62. The Morgan fingerprint density at radius 3 is 2.82 bits per heavy atom. The number of amides is 1. The quantitative estimate of drug-likeness (QED) is 0.921. The van der Waals surface area contributed by atoms with E-state index >= 15 is 0 Å². The van der Waals surface area contributed by atoms with Crippen molar-refractivity contribution in [1.82, 2.24) is 14.7 Å². The van der Waals surface area contributed by atoms with Gasteiger partial charge in [0.05, 0.1) is 11.8 Å². The fourth-order valence-electron chi connectivity index (χ4n) is 2.13. The number of rotatable bonds is 5. The van der Waals surface area contributed by atoms with E-state index in [0.717, 1.165) is 5.69 Å². The molecule has 0 aliphatic carbocycles. The van der Waals surface area contributed by atoms with E-state index in [4.69, 9.17) is 0 Å². The Balaban J connectivity index is 2.20. The summed E-state index contributed by atoms with van der Waals surface area (Å²) in [5, 5.41) is 13.5. The molecular weight excluding hydrogens is 285 g/mol. The van der Waals surface area contributed by atoms with Gasteiger partial charge in [-0.15, -0.1) is 0 Å². The van der Waals surface area contributed by atoms with Crippen LogP contribution >= 0.6 is 0 Å². The summed E-state index contributed by atoms with van der Waals surface area (Å²) in [5.74, 6) is -0.576. The largest absolute Gasteiger partial charge is 0.393 e. The second-order valence-corrected chi connectivity index (χ2v) is 5.43. The van der Waals surface area contributed by atoms with Crippen LogP contribution in [-0.2, 0) is 0 Å². The second kappa shape index (κ2) is 6.70. The molecule has 1 N–H and O–H groups in total. The van der Waals surface area contributed by atoms with Crippen molar-refractivity contribution >= 4 is 5.91 Å². The Morgan fingerprint density at radius 1 is 1.45 bits per heavy atom. The summed E-state index contributed by atoms with van der Waals surface area (Å²) in [4.78, 5) is 13.8. The van der Waals surface area contributed by atoms with Gasteiger partial charge in [0, 0.05) is 19.3 Å². The van der Waals surface area contributed by atoms with E-state index in [-0.39, 0.29) is 11.7 Å². The van der Waals surface area contributed by atoms with Crippen molar-refractivity contribution in [2.75, 3.05) is 13.6 Å². The minimum absolute atomic E-state index is 0.223. The number of halogens is 1. The van der Waals surface area contributed by atoms with Gasteiger partial charge >= 0.3 is 0 Å². The Morgan fingerprint density at radius 2 is 2.18 bits per heavy atom. The van der Waals surface area contributed by atoms with Crippen molar-refractivity contribution < 1.29 is 14.3 Å². The minimum Gasteiger partial charge on any atom is -0.393 e. The Labute approximate surface area is 129 Å². The summed E-state index contributed by atoms with van der Waals surface area (Å²) >= 11 is 0. The minimum atomic E-state index is -0.457. The first kappa shape index (κ1) is 16.2. The van der Waals surface area contributed by atoms with Crippen molar-refractivity contribution in [3.63, 3.8) is 0 Å². The summed E-state index contributed by atoms with van der Waals surface area (Å²) in [6.07, 6.45) is 0.0491.